The summed E-state index contributed by atoms with van der Waals surface area (Å²) in [5.74, 6) is -0.464. The first kappa shape index (κ1) is 17.2. The van der Waals surface area contributed by atoms with Crippen LogP contribution in [-0.2, 0) is 6.54 Å². The number of hydrogen-bond acceptors (Lipinski definition) is 1. The largest absolute Gasteiger partial charge is 0.366 e. The Morgan fingerprint density at radius 3 is 2.38 bits per heavy atom. The fourth-order valence-electron chi connectivity index (χ4n) is 3.31. The highest BCUT2D eigenvalue weighted by Crippen LogP contribution is 2.34. The van der Waals surface area contributed by atoms with E-state index < -0.39 is 5.91 Å². The lowest BCUT2D eigenvalue weighted by Gasteiger charge is -2.10. The molecule has 0 radical (unpaired) electrons. The van der Waals surface area contributed by atoms with Crippen LogP contribution in [0.2, 0.25) is 15.1 Å². The number of rotatable bonds is 3. The summed E-state index contributed by atoms with van der Waals surface area (Å²) in [4.78, 5) is 11.9. The SMILES string of the molecule is NC(=O)c1cccc2c1c1ccc(Cl)cc1n2Cc1ccc(Cl)cc1Cl. The number of aromatic nitrogens is 1. The maximum atomic E-state index is 11.9. The molecule has 0 spiro atoms. The Morgan fingerprint density at radius 1 is 0.923 bits per heavy atom. The molecule has 130 valence electrons. The van der Waals surface area contributed by atoms with Gasteiger partial charge in [0, 0.05) is 37.9 Å². The first-order valence-electron chi connectivity index (χ1n) is 7.90. The second kappa shape index (κ2) is 6.51. The average Bonchev–Trinajstić information content (AvgIpc) is 2.90. The van der Waals surface area contributed by atoms with Crippen molar-refractivity contribution in [1.82, 2.24) is 4.57 Å². The van der Waals surface area contributed by atoms with Gasteiger partial charge in [-0.25, -0.2) is 0 Å². The van der Waals surface area contributed by atoms with E-state index in [9.17, 15) is 4.79 Å². The molecule has 0 aliphatic heterocycles. The number of benzene rings is 3. The number of hydrogen-bond donors (Lipinski definition) is 1. The molecule has 1 heterocycles. The Morgan fingerprint density at radius 2 is 1.65 bits per heavy atom. The molecule has 3 nitrogen and oxygen atoms in total. The minimum Gasteiger partial charge on any atom is -0.366 e. The van der Waals surface area contributed by atoms with Crippen LogP contribution < -0.4 is 5.73 Å². The number of primary amides is 1. The molecule has 3 aromatic carbocycles. The normalized spacial score (nSPS) is 11.3. The third kappa shape index (κ3) is 2.82. The lowest BCUT2D eigenvalue weighted by atomic mass is 10.1. The van der Waals surface area contributed by atoms with Crippen LogP contribution in [0, 0.1) is 0 Å². The third-order valence-corrected chi connectivity index (χ3v) is 5.28. The summed E-state index contributed by atoms with van der Waals surface area (Å²) in [6.45, 7) is 0.512. The molecule has 0 saturated carbocycles. The zero-order valence-corrected chi connectivity index (χ0v) is 15.7. The number of fused-ring (bicyclic) bond motifs is 3. The van der Waals surface area contributed by atoms with Crippen LogP contribution in [0.25, 0.3) is 21.8 Å². The zero-order valence-electron chi connectivity index (χ0n) is 13.5. The smallest absolute Gasteiger partial charge is 0.249 e. The highest BCUT2D eigenvalue weighted by atomic mass is 35.5. The summed E-state index contributed by atoms with van der Waals surface area (Å²) in [6.07, 6.45) is 0. The van der Waals surface area contributed by atoms with Crippen LogP contribution in [-0.4, -0.2) is 10.5 Å². The molecular weight excluding hydrogens is 391 g/mol. The molecular formula is C20H13Cl3N2O. The van der Waals surface area contributed by atoms with Crippen molar-refractivity contribution in [2.24, 2.45) is 5.73 Å². The van der Waals surface area contributed by atoms with Gasteiger partial charge in [0.2, 0.25) is 5.91 Å². The number of nitrogens with two attached hydrogens (primary N) is 1. The lowest BCUT2D eigenvalue weighted by molar-refractivity contribution is 0.100. The molecule has 2 N–H and O–H groups in total. The highest BCUT2D eigenvalue weighted by molar-refractivity contribution is 6.35. The van der Waals surface area contributed by atoms with Gasteiger partial charge in [-0.05, 0) is 42.0 Å². The van der Waals surface area contributed by atoms with Gasteiger partial charge in [0.25, 0.3) is 0 Å². The van der Waals surface area contributed by atoms with Crippen LogP contribution in [0.1, 0.15) is 15.9 Å². The van der Waals surface area contributed by atoms with Gasteiger partial charge < -0.3 is 10.3 Å². The maximum absolute atomic E-state index is 11.9. The van der Waals surface area contributed by atoms with Crippen molar-refractivity contribution in [2.75, 3.05) is 0 Å². The van der Waals surface area contributed by atoms with Crippen molar-refractivity contribution in [2.45, 2.75) is 6.54 Å². The molecule has 26 heavy (non-hydrogen) atoms. The molecule has 6 heteroatoms. The average molecular weight is 404 g/mol. The van der Waals surface area contributed by atoms with Crippen molar-refractivity contribution in [1.29, 1.82) is 0 Å². The minimum atomic E-state index is -0.464. The molecule has 0 aliphatic rings. The van der Waals surface area contributed by atoms with Crippen molar-refractivity contribution in [3.8, 4) is 0 Å². The molecule has 0 fully saturated rings. The molecule has 0 unspecified atom stereocenters. The van der Waals surface area contributed by atoms with Crippen LogP contribution in [0.15, 0.2) is 54.6 Å². The third-order valence-electron chi connectivity index (χ3n) is 4.46. The van der Waals surface area contributed by atoms with E-state index in [4.69, 9.17) is 40.5 Å². The topological polar surface area (TPSA) is 48.0 Å². The number of carbonyl (C=O) groups excluding carboxylic acids is 1. The summed E-state index contributed by atoms with van der Waals surface area (Å²) >= 11 is 18.6. The van der Waals surface area contributed by atoms with Gasteiger partial charge in [-0.15, -0.1) is 0 Å². The first-order valence-corrected chi connectivity index (χ1v) is 9.03. The highest BCUT2D eigenvalue weighted by Gasteiger charge is 2.17. The van der Waals surface area contributed by atoms with Crippen LogP contribution in [0.4, 0.5) is 0 Å². The first-order chi connectivity index (χ1) is 12.5. The molecule has 1 aromatic heterocycles. The quantitative estimate of drug-likeness (QED) is 0.455. The predicted octanol–water partition coefficient (Wildman–Crippen LogP) is 5.90. The van der Waals surface area contributed by atoms with E-state index in [1.54, 1.807) is 24.3 Å². The van der Waals surface area contributed by atoms with Crippen molar-refractivity contribution < 1.29 is 4.79 Å². The standard InChI is InChI=1S/C20H13Cl3N2O/c21-12-5-4-11(16(23)8-12)10-25-17-3-1-2-15(20(24)26)19(17)14-7-6-13(22)9-18(14)25/h1-9H,10H2,(H2,24,26). The summed E-state index contributed by atoms with van der Waals surface area (Å²) in [5.41, 5.74) is 8.79. The monoisotopic (exact) mass is 402 g/mol. The molecule has 0 saturated heterocycles. The Hall–Kier alpha value is -2.20. The van der Waals surface area contributed by atoms with Crippen molar-refractivity contribution in [3.63, 3.8) is 0 Å². The van der Waals surface area contributed by atoms with Crippen LogP contribution >= 0.6 is 34.8 Å². The number of carbonyl (C=O) groups is 1. The minimum absolute atomic E-state index is 0.464. The lowest BCUT2D eigenvalue weighted by Crippen LogP contribution is -2.11. The van der Waals surface area contributed by atoms with Gasteiger partial charge in [-0.2, -0.15) is 0 Å². The van der Waals surface area contributed by atoms with Crippen LogP contribution in [0.5, 0.6) is 0 Å². The van der Waals surface area contributed by atoms with Gasteiger partial charge in [0.15, 0.2) is 0 Å². The van der Waals surface area contributed by atoms with Gasteiger partial charge in [-0.3, -0.25) is 4.79 Å². The number of nitrogens with zero attached hydrogens (tertiary/aromatic N) is 1. The number of amides is 1. The summed E-state index contributed by atoms with van der Waals surface area (Å²) in [7, 11) is 0. The van der Waals surface area contributed by atoms with Crippen molar-refractivity contribution >= 4 is 62.5 Å². The molecule has 1 amide bonds. The Balaban J connectivity index is 2.05. The second-order valence-electron chi connectivity index (χ2n) is 6.05. The van der Waals surface area contributed by atoms with Gasteiger partial charge in [0.05, 0.1) is 11.0 Å². The molecule has 4 aromatic rings. The Labute approximate surface area is 164 Å². The fourth-order valence-corrected chi connectivity index (χ4v) is 3.95. The number of halogens is 3. The molecule has 0 bridgehead atoms. The van der Waals surface area contributed by atoms with E-state index in [0.717, 1.165) is 27.4 Å². The van der Waals surface area contributed by atoms with E-state index in [1.807, 2.05) is 30.3 Å². The van der Waals surface area contributed by atoms with Gasteiger partial charge >= 0.3 is 0 Å². The molecule has 4 rings (SSSR count). The Kier molecular flexibility index (Phi) is 4.31. The molecule has 0 aliphatic carbocycles. The van der Waals surface area contributed by atoms with E-state index in [0.29, 0.717) is 27.2 Å². The van der Waals surface area contributed by atoms with E-state index in [1.165, 1.54) is 0 Å². The van der Waals surface area contributed by atoms with Crippen LogP contribution in [0.3, 0.4) is 0 Å². The summed E-state index contributed by atoms with van der Waals surface area (Å²) in [6, 6.07) is 16.5. The summed E-state index contributed by atoms with van der Waals surface area (Å²) in [5, 5.41) is 3.52. The zero-order chi connectivity index (χ0) is 18.4. The van der Waals surface area contributed by atoms with E-state index >= 15 is 0 Å². The van der Waals surface area contributed by atoms with E-state index in [-0.39, 0.29) is 0 Å². The Bertz CT molecular complexity index is 1180. The molecule has 0 atom stereocenters. The summed E-state index contributed by atoms with van der Waals surface area (Å²) < 4.78 is 2.08. The maximum Gasteiger partial charge on any atom is 0.249 e. The van der Waals surface area contributed by atoms with Gasteiger partial charge in [-0.1, -0.05) is 53.0 Å². The fraction of sp³-hybridized carbons (Fsp3) is 0.0500. The predicted molar refractivity (Wildman–Crippen MR) is 109 cm³/mol. The van der Waals surface area contributed by atoms with Crippen molar-refractivity contribution in [3.05, 3.63) is 80.8 Å². The van der Waals surface area contributed by atoms with Gasteiger partial charge in [0.1, 0.15) is 0 Å². The van der Waals surface area contributed by atoms with E-state index in [2.05, 4.69) is 4.57 Å². The second-order valence-corrected chi connectivity index (χ2v) is 7.33.